The van der Waals surface area contributed by atoms with E-state index in [1.165, 1.54) is 5.56 Å². The lowest BCUT2D eigenvalue weighted by atomic mass is 9.57. The molecular formula is C22H23Cl2NO2. The topological polar surface area (TPSA) is 38.3 Å². The van der Waals surface area contributed by atoms with Crippen LogP contribution < -0.4 is 10.1 Å². The molecule has 0 spiro atoms. The Hall–Kier alpha value is -1.71. The largest absolute Gasteiger partial charge is 0.496 e. The number of nitrogens with one attached hydrogen (secondary N) is 1. The van der Waals surface area contributed by atoms with Gasteiger partial charge in [-0.15, -0.1) is 0 Å². The molecule has 4 rings (SSSR count). The molecule has 5 heteroatoms. The molecule has 0 aromatic heterocycles. The van der Waals surface area contributed by atoms with Crippen molar-refractivity contribution in [2.24, 2.45) is 11.3 Å². The molecule has 1 N–H and O–H groups in total. The van der Waals surface area contributed by atoms with E-state index in [9.17, 15) is 4.79 Å². The van der Waals surface area contributed by atoms with Gasteiger partial charge in [0.05, 0.1) is 12.5 Å². The van der Waals surface area contributed by atoms with E-state index in [-0.39, 0.29) is 29.1 Å². The fourth-order valence-corrected chi connectivity index (χ4v) is 5.31. The number of hydrogen-bond acceptors (Lipinski definition) is 2. The van der Waals surface area contributed by atoms with Crippen LogP contribution in [0.25, 0.3) is 0 Å². The number of carbonyl (C=O) groups is 1. The average Bonchev–Trinajstić information content (AvgIpc) is 2.97. The summed E-state index contributed by atoms with van der Waals surface area (Å²) >= 11 is 12.3. The Kier molecular flexibility index (Phi) is 4.85. The van der Waals surface area contributed by atoms with Crippen LogP contribution in [-0.4, -0.2) is 19.6 Å². The highest BCUT2D eigenvalue weighted by molar-refractivity contribution is 6.31. The third kappa shape index (κ3) is 3.11. The standard InChI is InChI=1S/C22H23Cl2NO2/c1-22-10-9-17(16-8-7-15(24)11-19(16)27-2)20(18(22)12-25-21(22)26)13-3-5-14(23)6-4-13/h3-8,11,17-18,20H,9-10,12H2,1-2H3,(H,25,26)/t17-,18-,20-,22+/m0/s1. The molecule has 3 nitrogen and oxygen atoms in total. The van der Waals surface area contributed by atoms with Crippen molar-refractivity contribution in [1.82, 2.24) is 5.32 Å². The lowest BCUT2D eigenvalue weighted by molar-refractivity contribution is -0.129. The highest BCUT2D eigenvalue weighted by Crippen LogP contribution is 2.57. The lowest BCUT2D eigenvalue weighted by Gasteiger charge is -2.45. The quantitative estimate of drug-likeness (QED) is 0.742. The molecule has 0 bridgehead atoms. The van der Waals surface area contributed by atoms with Crippen molar-refractivity contribution in [2.75, 3.05) is 13.7 Å². The molecule has 0 unspecified atom stereocenters. The van der Waals surface area contributed by atoms with E-state index in [1.54, 1.807) is 7.11 Å². The third-order valence-corrected chi connectivity index (χ3v) is 7.00. The van der Waals surface area contributed by atoms with E-state index >= 15 is 0 Å². The van der Waals surface area contributed by atoms with Gasteiger partial charge in [-0.3, -0.25) is 4.79 Å². The highest BCUT2D eigenvalue weighted by atomic mass is 35.5. The summed E-state index contributed by atoms with van der Waals surface area (Å²) in [6, 6.07) is 13.9. The van der Waals surface area contributed by atoms with Gasteiger partial charge in [0.2, 0.25) is 5.91 Å². The summed E-state index contributed by atoms with van der Waals surface area (Å²) in [5.74, 6) is 1.67. The molecule has 2 aliphatic rings. The Labute approximate surface area is 170 Å². The minimum atomic E-state index is -0.333. The number of amides is 1. The zero-order valence-corrected chi connectivity index (χ0v) is 17.0. The fraction of sp³-hybridized carbons (Fsp3) is 0.409. The van der Waals surface area contributed by atoms with Crippen molar-refractivity contribution >= 4 is 29.1 Å². The molecule has 1 saturated heterocycles. The molecule has 1 aliphatic heterocycles. The number of benzene rings is 2. The summed E-state index contributed by atoms with van der Waals surface area (Å²) in [6.07, 6.45) is 1.79. The molecular weight excluding hydrogens is 381 g/mol. The second-order valence-corrected chi connectivity index (χ2v) is 8.72. The van der Waals surface area contributed by atoms with Crippen molar-refractivity contribution in [1.29, 1.82) is 0 Å². The smallest absolute Gasteiger partial charge is 0.226 e. The van der Waals surface area contributed by atoms with E-state index in [2.05, 4.69) is 30.4 Å². The zero-order chi connectivity index (χ0) is 19.2. The Bertz CT molecular complexity index is 867. The van der Waals surface area contributed by atoms with Crippen LogP contribution >= 0.6 is 23.2 Å². The van der Waals surface area contributed by atoms with Crippen molar-refractivity contribution in [3.05, 3.63) is 63.6 Å². The number of fused-ring (bicyclic) bond motifs is 1. The molecule has 1 aliphatic carbocycles. The van der Waals surface area contributed by atoms with Crippen LogP contribution in [0, 0.1) is 11.3 Å². The summed E-state index contributed by atoms with van der Waals surface area (Å²) in [7, 11) is 1.68. The van der Waals surface area contributed by atoms with Gasteiger partial charge in [-0.25, -0.2) is 0 Å². The maximum absolute atomic E-state index is 12.6. The first-order valence-electron chi connectivity index (χ1n) is 9.31. The fourth-order valence-electron chi connectivity index (χ4n) is 5.03. The molecule has 142 valence electrons. The van der Waals surface area contributed by atoms with Crippen LogP contribution in [0.15, 0.2) is 42.5 Å². The van der Waals surface area contributed by atoms with Gasteiger partial charge in [-0.2, -0.15) is 0 Å². The van der Waals surface area contributed by atoms with E-state index in [4.69, 9.17) is 27.9 Å². The summed E-state index contributed by atoms with van der Waals surface area (Å²) < 4.78 is 5.65. The van der Waals surface area contributed by atoms with E-state index < -0.39 is 0 Å². The molecule has 0 radical (unpaired) electrons. The minimum Gasteiger partial charge on any atom is -0.496 e. The molecule has 2 aromatic carbocycles. The summed E-state index contributed by atoms with van der Waals surface area (Å²) in [5.41, 5.74) is 2.04. The Morgan fingerprint density at radius 1 is 1.11 bits per heavy atom. The first-order chi connectivity index (χ1) is 12.9. The predicted molar refractivity (Wildman–Crippen MR) is 109 cm³/mol. The van der Waals surface area contributed by atoms with Crippen LogP contribution in [-0.2, 0) is 4.79 Å². The minimum absolute atomic E-state index is 0.174. The summed E-state index contributed by atoms with van der Waals surface area (Å²) in [4.78, 5) is 12.6. The highest BCUT2D eigenvalue weighted by Gasteiger charge is 2.55. The molecule has 1 amide bonds. The zero-order valence-electron chi connectivity index (χ0n) is 15.5. The van der Waals surface area contributed by atoms with Crippen LogP contribution in [0.4, 0.5) is 0 Å². The van der Waals surface area contributed by atoms with Crippen molar-refractivity contribution in [3.63, 3.8) is 0 Å². The molecule has 4 atom stereocenters. The number of halogens is 2. The average molecular weight is 404 g/mol. The molecule has 27 heavy (non-hydrogen) atoms. The number of rotatable bonds is 3. The lowest BCUT2D eigenvalue weighted by Crippen LogP contribution is -2.41. The van der Waals surface area contributed by atoms with Gasteiger partial charge < -0.3 is 10.1 Å². The number of methoxy groups -OCH3 is 1. The Morgan fingerprint density at radius 3 is 2.52 bits per heavy atom. The SMILES string of the molecule is COc1cc(Cl)ccc1[C@@H]1CC[C@@]2(C)C(=O)NC[C@H]2[C@H]1c1ccc(Cl)cc1. The van der Waals surface area contributed by atoms with Gasteiger partial charge in [-0.1, -0.05) is 48.3 Å². The molecule has 2 fully saturated rings. The number of ether oxygens (including phenoxy) is 1. The predicted octanol–water partition coefficient (Wildman–Crippen LogP) is 5.42. The van der Waals surface area contributed by atoms with Crippen LogP contribution in [0.2, 0.25) is 10.0 Å². The Balaban J connectivity index is 1.83. The number of hydrogen-bond donors (Lipinski definition) is 1. The van der Waals surface area contributed by atoms with Crippen molar-refractivity contribution in [2.45, 2.75) is 31.6 Å². The summed E-state index contributed by atoms with van der Waals surface area (Å²) in [5, 5.41) is 4.49. The van der Waals surface area contributed by atoms with Crippen molar-refractivity contribution in [3.8, 4) is 5.75 Å². The normalized spacial score (nSPS) is 29.9. The molecule has 1 saturated carbocycles. The van der Waals surface area contributed by atoms with Gasteiger partial charge >= 0.3 is 0 Å². The third-order valence-electron chi connectivity index (χ3n) is 6.51. The monoisotopic (exact) mass is 403 g/mol. The van der Waals surface area contributed by atoms with Crippen LogP contribution in [0.3, 0.4) is 0 Å². The van der Waals surface area contributed by atoms with E-state index in [0.29, 0.717) is 11.6 Å². The van der Waals surface area contributed by atoms with Gasteiger partial charge in [0.25, 0.3) is 0 Å². The first-order valence-corrected chi connectivity index (χ1v) is 10.1. The second kappa shape index (κ2) is 7.03. The van der Waals surface area contributed by atoms with E-state index in [1.807, 2.05) is 24.3 Å². The van der Waals surface area contributed by atoms with Crippen LogP contribution in [0.5, 0.6) is 5.75 Å². The van der Waals surface area contributed by atoms with E-state index in [0.717, 1.165) is 29.2 Å². The maximum Gasteiger partial charge on any atom is 0.226 e. The van der Waals surface area contributed by atoms with Crippen LogP contribution in [0.1, 0.15) is 42.7 Å². The van der Waals surface area contributed by atoms with Gasteiger partial charge in [0.15, 0.2) is 0 Å². The van der Waals surface area contributed by atoms with Gasteiger partial charge in [0, 0.05) is 16.6 Å². The van der Waals surface area contributed by atoms with Gasteiger partial charge in [0.1, 0.15) is 5.75 Å². The Morgan fingerprint density at radius 2 is 1.81 bits per heavy atom. The first kappa shape index (κ1) is 18.6. The second-order valence-electron chi connectivity index (χ2n) is 7.84. The van der Waals surface area contributed by atoms with Crippen molar-refractivity contribution < 1.29 is 9.53 Å². The maximum atomic E-state index is 12.6. The molecule has 2 aromatic rings. The summed E-state index contributed by atoms with van der Waals surface area (Å²) in [6.45, 7) is 2.81. The van der Waals surface area contributed by atoms with Gasteiger partial charge in [-0.05, 0) is 66.0 Å². The number of carbonyl (C=O) groups excluding carboxylic acids is 1. The molecule has 1 heterocycles.